The van der Waals surface area contributed by atoms with Gasteiger partial charge < -0.3 is 23.7 Å². The van der Waals surface area contributed by atoms with E-state index in [9.17, 15) is 14.4 Å². The molecule has 1 heterocycles. The summed E-state index contributed by atoms with van der Waals surface area (Å²) >= 11 is 0. The molecule has 3 aromatic rings. The Morgan fingerprint density at radius 1 is 0.714 bits per heavy atom. The van der Waals surface area contributed by atoms with E-state index < -0.39 is 42.5 Å². The molecular weight excluding hydrogens is 454 g/mol. The summed E-state index contributed by atoms with van der Waals surface area (Å²) < 4.78 is 28.0. The predicted molar refractivity (Wildman–Crippen MR) is 124 cm³/mol. The lowest BCUT2D eigenvalue weighted by Gasteiger charge is -2.24. The van der Waals surface area contributed by atoms with Gasteiger partial charge in [0, 0.05) is 7.11 Å². The number of ether oxygens (including phenoxy) is 5. The molecule has 1 saturated heterocycles. The molecule has 0 amide bonds. The second-order valence-electron chi connectivity index (χ2n) is 7.72. The highest BCUT2D eigenvalue weighted by atomic mass is 17.0. The molecule has 8 heteroatoms. The number of carbonyl (C=O) groups excluding carboxylic acids is 3. The molecular formula is C27H24O8. The van der Waals surface area contributed by atoms with E-state index in [-0.39, 0.29) is 6.61 Å². The number of benzene rings is 3. The molecule has 0 aliphatic carbocycles. The molecule has 0 bridgehead atoms. The maximum Gasteiger partial charge on any atom is 0.338 e. The van der Waals surface area contributed by atoms with E-state index in [0.29, 0.717) is 16.7 Å². The number of carbonyl (C=O) groups is 3. The number of rotatable bonds is 8. The standard InChI is InChI=1S/C27H24O8/c1-31-27-23(35-26(30)20-15-9-4-10-16-20)22(34-25(29)19-13-7-3-8-14-19)21(33-27)17-32-24(28)18-11-5-2-6-12-18/h2-16,21-23,27H,17H2,1H3/t21-,22-,23-,27-/m1/s1/i27+2. The Bertz CT molecular complexity index is 1130. The lowest BCUT2D eigenvalue weighted by Crippen LogP contribution is -2.42. The molecule has 1 aliphatic heterocycles. The van der Waals surface area contributed by atoms with Crippen LogP contribution in [0, 0.1) is 0 Å². The van der Waals surface area contributed by atoms with Crippen LogP contribution >= 0.6 is 0 Å². The molecule has 0 N–H and O–H groups in total. The maximum absolute atomic E-state index is 12.8. The van der Waals surface area contributed by atoms with Crippen molar-refractivity contribution in [1.82, 2.24) is 0 Å². The lowest BCUT2D eigenvalue weighted by atomic mass is 10.1. The fourth-order valence-electron chi connectivity index (χ4n) is 3.63. The van der Waals surface area contributed by atoms with Gasteiger partial charge in [0.2, 0.25) is 0 Å². The maximum atomic E-state index is 12.8. The fourth-order valence-corrected chi connectivity index (χ4v) is 3.63. The Morgan fingerprint density at radius 2 is 1.17 bits per heavy atom. The largest absolute Gasteiger partial charge is 0.459 e. The van der Waals surface area contributed by atoms with Crippen LogP contribution in [0.3, 0.4) is 0 Å². The molecule has 4 atom stereocenters. The third kappa shape index (κ3) is 5.92. The zero-order chi connectivity index (χ0) is 24.6. The van der Waals surface area contributed by atoms with Gasteiger partial charge in [0.1, 0.15) is 12.7 Å². The molecule has 4 rings (SSSR count). The van der Waals surface area contributed by atoms with Gasteiger partial charge in [-0.15, -0.1) is 0 Å². The van der Waals surface area contributed by atoms with Crippen molar-refractivity contribution in [2.75, 3.05) is 13.7 Å². The van der Waals surface area contributed by atoms with E-state index in [0.717, 1.165) is 0 Å². The van der Waals surface area contributed by atoms with Crippen LogP contribution in [0.15, 0.2) is 91.0 Å². The molecule has 0 unspecified atom stereocenters. The Balaban J connectivity index is 1.54. The molecule has 1 fully saturated rings. The summed E-state index contributed by atoms with van der Waals surface area (Å²) in [6, 6.07) is 25.2. The van der Waals surface area contributed by atoms with E-state index in [2.05, 4.69) is 0 Å². The lowest BCUT2D eigenvalue weighted by molar-refractivity contribution is -0.155. The molecule has 35 heavy (non-hydrogen) atoms. The Kier molecular flexibility index (Phi) is 7.87. The van der Waals surface area contributed by atoms with E-state index in [4.69, 9.17) is 23.7 Å². The van der Waals surface area contributed by atoms with Crippen LogP contribution in [-0.2, 0) is 23.7 Å². The van der Waals surface area contributed by atoms with Crippen molar-refractivity contribution >= 4 is 17.9 Å². The third-order valence-corrected chi connectivity index (χ3v) is 5.39. The summed E-state index contributed by atoms with van der Waals surface area (Å²) in [4.78, 5) is 38.0. The summed E-state index contributed by atoms with van der Waals surface area (Å²) in [5.41, 5.74) is 0.981. The van der Waals surface area contributed by atoms with Gasteiger partial charge in [0.05, 0.1) is 16.7 Å². The van der Waals surface area contributed by atoms with Crippen LogP contribution in [0.4, 0.5) is 0 Å². The van der Waals surface area contributed by atoms with Gasteiger partial charge in [0.25, 0.3) is 0 Å². The SMILES string of the molecule is CO[14C@@H]1O[C@H](COC(=O)c2ccccc2)[C@@H](OC(=O)c2ccccc2)[C@H]1OC(=O)c1ccccc1. The average molecular weight is 478 g/mol. The minimum atomic E-state index is -1.10. The monoisotopic (exact) mass is 478 g/mol. The highest BCUT2D eigenvalue weighted by Gasteiger charge is 2.50. The molecule has 3 aromatic carbocycles. The zero-order valence-corrected chi connectivity index (χ0v) is 18.9. The second kappa shape index (κ2) is 11.4. The summed E-state index contributed by atoms with van der Waals surface area (Å²) in [5, 5.41) is 0. The summed E-state index contributed by atoms with van der Waals surface area (Å²) in [5.74, 6) is -1.85. The molecule has 8 nitrogen and oxygen atoms in total. The van der Waals surface area contributed by atoms with Gasteiger partial charge in [-0.2, -0.15) is 0 Å². The number of hydrogen-bond acceptors (Lipinski definition) is 8. The highest BCUT2D eigenvalue weighted by molar-refractivity contribution is 5.90. The van der Waals surface area contributed by atoms with E-state index in [1.807, 2.05) is 0 Å². The molecule has 0 radical (unpaired) electrons. The third-order valence-electron chi connectivity index (χ3n) is 5.39. The second-order valence-corrected chi connectivity index (χ2v) is 7.72. The average Bonchev–Trinajstić information content (AvgIpc) is 3.24. The number of methoxy groups -OCH3 is 1. The summed E-state index contributed by atoms with van der Waals surface area (Å²) in [7, 11) is 1.38. The van der Waals surface area contributed by atoms with Gasteiger partial charge in [-0.05, 0) is 36.4 Å². The predicted octanol–water partition coefficient (Wildman–Crippen LogP) is 3.67. The van der Waals surface area contributed by atoms with E-state index in [1.165, 1.54) is 7.11 Å². The van der Waals surface area contributed by atoms with Crippen molar-refractivity contribution in [3.05, 3.63) is 108 Å². The Morgan fingerprint density at radius 3 is 1.66 bits per heavy atom. The first kappa shape index (κ1) is 24.1. The van der Waals surface area contributed by atoms with Gasteiger partial charge in [-0.25, -0.2) is 14.4 Å². The fraction of sp³-hybridized carbons (Fsp3) is 0.222. The molecule has 0 saturated carbocycles. The highest BCUT2D eigenvalue weighted by Crippen LogP contribution is 2.29. The quantitative estimate of drug-likeness (QED) is 0.357. The zero-order valence-electron chi connectivity index (χ0n) is 18.9. The van der Waals surface area contributed by atoms with Crippen molar-refractivity contribution in [1.29, 1.82) is 0 Å². The van der Waals surface area contributed by atoms with Crippen LogP contribution in [0.1, 0.15) is 31.1 Å². The Hall–Kier alpha value is -4.01. The number of esters is 3. The molecule has 180 valence electrons. The normalized spacial score (nSPS) is 21.2. The molecule has 0 spiro atoms. The summed E-state index contributed by atoms with van der Waals surface area (Å²) in [6.07, 6.45) is -4.17. The first-order valence-electron chi connectivity index (χ1n) is 11.0. The van der Waals surface area contributed by atoms with E-state index >= 15 is 0 Å². The van der Waals surface area contributed by atoms with Crippen LogP contribution in [-0.4, -0.2) is 56.2 Å². The van der Waals surface area contributed by atoms with Crippen molar-refractivity contribution in [3.63, 3.8) is 0 Å². The first-order valence-corrected chi connectivity index (χ1v) is 11.0. The topological polar surface area (TPSA) is 97.4 Å². The van der Waals surface area contributed by atoms with Crippen molar-refractivity contribution in [2.45, 2.75) is 24.6 Å². The van der Waals surface area contributed by atoms with Crippen LogP contribution in [0.2, 0.25) is 0 Å². The minimum Gasteiger partial charge on any atom is -0.459 e. The van der Waals surface area contributed by atoms with Gasteiger partial charge in [-0.3, -0.25) is 0 Å². The van der Waals surface area contributed by atoms with Crippen LogP contribution < -0.4 is 0 Å². The van der Waals surface area contributed by atoms with Crippen LogP contribution in [0.5, 0.6) is 0 Å². The van der Waals surface area contributed by atoms with Gasteiger partial charge >= 0.3 is 17.9 Å². The van der Waals surface area contributed by atoms with Gasteiger partial charge in [0.15, 0.2) is 18.5 Å². The smallest absolute Gasteiger partial charge is 0.338 e. The Labute approximate surface area is 202 Å². The molecule has 1 aliphatic rings. The number of hydrogen-bond donors (Lipinski definition) is 0. The van der Waals surface area contributed by atoms with Crippen molar-refractivity contribution < 1.29 is 38.1 Å². The van der Waals surface area contributed by atoms with E-state index in [1.54, 1.807) is 91.0 Å². The first-order chi connectivity index (χ1) is 17.1. The minimum absolute atomic E-state index is 0.250. The van der Waals surface area contributed by atoms with Gasteiger partial charge in [-0.1, -0.05) is 54.6 Å². The molecule has 0 aromatic heterocycles. The van der Waals surface area contributed by atoms with Crippen molar-refractivity contribution in [3.8, 4) is 0 Å². The summed E-state index contributed by atoms with van der Waals surface area (Å²) in [6.45, 7) is -0.250. The van der Waals surface area contributed by atoms with Crippen molar-refractivity contribution in [2.24, 2.45) is 0 Å². The van der Waals surface area contributed by atoms with Crippen LogP contribution in [0.25, 0.3) is 0 Å².